The van der Waals surface area contributed by atoms with Crippen LogP contribution in [0.1, 0.15) is 37.4 Å². The van der Waals surface area contributed by atoms with Crippen LogP contribution in [0.2, 0.25) is 0 Å². The Kier molecular flexibility index (Phi) is 5.59. The monoisotopic (exact) mass is 419 g/mol. The second-order valence-corrected chi connectivity index (χ2v) is 8.43. The number of nitrogens with one attached hydrogen (secondary N) is 2. The van der Waals surface area contributed by atoms with Crippen molar-refractivity contribution in [2.45, 2.75) is 39.0 Å². The van der Waals surface area contributed by atoms with Crippen LogP contribution in [0, 0.1) is 5.92 Å². The van der Waals surface area contributed by atoms with Crippen LogP contribution in [-0.2, 0) is 22.4 Å². The maximum Gasteiger partial charge on any atom is 0.143 e. The number of hydrogen-bond acceptors (Lipinski definition) is 6. The fourth-order valence-corrected chi connectivity index (χ4v) is 4.85. The summed E-state index contributed by atoms with van der Waals surface area (Å²) >= 11 is 0. The van der Waals surface area contributed by atoms with E-state index in [0.717, 1.165) is 80.2 Å². The van der Waals surface area contributed by atoms with Crippen molar-refractivity contribution in [2.24, 2.45) is 5.92 Å². The predicted molar refractivity (Wildman–Crippen MR) is 122 cm³/mol. The molecule has 2 aliphatic rings. The summed E-state index contributed by atoms with van der Waals surface area (Å²) in [5.74, 6) is 1.28. The Bertz CT molecular complexity index is 1090. The number of ether oxygens (including phenoxy) is 1. The predicted octanol–water partition coefficient (Wildman–Crippen LogP) is 4.01. The molecule has 1 saturated heterocycles. The molecule has 0 saturated carbocycles. The number of anilines is 3. The molecule has 31 heavy (non-hydrogen) atoms. The molecule has 1 aliphatic heterocycles. The summed E-state index contributed by atoms with van der Waals surface area (Å²) in [5, 5.41) is 4.60. The molecule has 1 fully saturated rings. The van der Waals surface area contributed by atoms with E-state index in [1.807, 2.05) is 6.07 Å². The van der Waals surface area contributed by atoms with Crippen LogP contribution < -0.4 is 10.2 Å². The van der Waals surface area contributed by atoms with Crippen molar-refractivity contribution in [3.05, 3.63) is 41.9 Å². The van der Waals surface area contributed by atoms with Gasteiger partial charge in [0.25, 0.3) is 0 Å². The first-order valence-corrected chi connectivity index (χ1v) is 11.3. The van der Waals surface area contributed by atoms with E-state index < -0.39 is 0 Å². The standard InChI is InChI=1S/C24H29N5O2/c1-2-5-21(30)16-8-9-18-17(14-16)22-23(27-18)25-15-26-24(22)28-19-6-3-4-7-20(19)29-10-12-31-13-11-29/h3-4,6-7,15-16H,2,5,8-14H2,1H3,(H2,25,26,27,28). The third-order valence-electron chi connectivity index (χ3n) is 6.44. The van der Waals surface area contributed by atoms with Crippen LogP contribution in [-0.4, -0.2) is 47.0 Å². The van der Waals surface area contributed by atoms with Crippen LogP contribution in [0.3, 0.4) is 0 Å². The molecule has 7 heteroatoms. The van der Waals surface area contributed by atoms with Gasteiger partial charge in [0, 0.05) is 31.1 Å². The summed E-state index contributed by atoms with van der Waals surface area (Å²) in [6.45, 7) is 5.30. The molecule has 2 aromatic heterocycles. The maximum absolute atomic E-state index is 12.6. The number of nitrogens with zero attached hydrogens (tertiary/aromatic N) is 3. The van der Waals surface area contributed by atoms with Crippen molar-refractivity contribution in [3.63, 3.8) is 0 Å². The zero-order chi connectivity index (χ0) is 21.2. The first-order valence-electron chi connectivity index (χ1n) is 11.3. The van der Waals surface area contributed by atoms with Gasteiger partial charge in [0.1, 0.15) is 23.6 Å². The second kappa shape index (κ2) is 8.67. The maximum atomic E-state index is 12.6. The van der Waals surface area contributed by atoms with Crippen LogP contribution in [0.25, 0.3) is 11.0 Å². The molecular weight excluding hydrogens is 390 g/mol. The first kappa shape index (κ1) is 20.0. The molecule has 1 atom stereocenters. The number of benzene rings is 1. The highest BCUT2D eigenvalue weighted by molar-refractivity contribution is 5.95. The molecular formula is C24H29N5O2. The summed E-state index contributed by atoms with van der Waals surface area (Å²) < 4.78 is 5.52. The quantitative estimate of drug-likeness (QED) is 0.628. The largest absolute Gasteiger partial charge is 0.378 e. The van der Waals surface area contributed by atoms with E-state index >= 15 is 0 Å². The van der Waals surface area contributed by atoms with E-state index in [2.05, 4.69) is 50.3 Å². The molecule has 7 nitrogen and oxygen atoms in total. The Morgan fingerprint density at radius 3 is 2.94 bits per heavy atom. The number of aromatic nitrogens is 3. The third kappa shape index (κ3) is 3.90. The molecule has 3 aromatic rings. The van der Waals surface area contributed by atoms with E-state index in [4.69, 9.17) is 4.74 Å². The molecule has 1 aliphatic carbocycles. The lowest BCUT2D eigenvalue weighted by atomic mass is 9.83. The van der Waals surface area contributed by atoms with Crippen LogP contribution in [0.4, 0.5) is 17.2 Å². The van der Waals surface area contributed by atoms with Gasteiger partial charge in [0.2, 0.25) is 0 Å². The molecule has 1 aromatic carbocycles. The third-order valence-corrected chi connectivity index (χ3v) is 6.44. The average molecular weight is 420 g/mol. The van der Waals surface area contributed by atoms with Crippen molar-refractivity contribution >= 4 is 34.0 Å². The van der Waals surface area contributed by atoms with Gasteiger partial charge in [0.15, 0.2) is 0 Å². The smallest absolute Gasteiger partial charge is 0.143 e. The van der Waals surface area contributed by atoms with Crippen molar-refractivity contribution < 1.29 is 9.53 Å². The molecule has 5 rings (SSSR count). The number of para-hydroxylation sites is 2. The SMILES string of the molecule is CCCC(=O)C1CCc2[nH]c3ncnc(Nc4ccccc4N4CCOCC4)c3c2C1. The zero-order valence-electron chi connectivity index (χ0n) is 18.0. The van der Waals surface area contributed by atoms with Gasteiger partial charge in [-0.15, -0.1) is 0 Å². The number of carbonyl (C=O) groups excluding carboxylic acids is 1. The van der Waals surface area contributed by atoms with Crippen LogP contribution in [0.5, 0.6) is 0 Å². The van der Waals surface area contributed by atoms with Crippen molar-refractivity contribution in [1.29, 1.82) is 0 Å². The number of carbonyl (C=O) groups is 1. The fourth-order valence-electron chi connectivity index (χ4n) is 4.85. The number of morpholine rings is 1. The Morgan fingerprint density at radius 2 is 2.10 bits per heavy atom. The number of rotatable bonds is 6. The van der Waals surface area contributed by atoms with Gasteiger partial charge in [-0.2, -0.15) is 0 Å². The number of aromatic amines is 1. The Morgan fingerprint density at radius 1 is 1.26 bits per heavy atom. The highest BCUT2D eigenvalue weighted by atomic mass is 16.5. The molecule has 0 bridgehead atoms. The number of ketones is 1. The lowest BCUT2D eigenvalue weighted by Crippen LogP contribution is -2.36. The van der Waals surface area contributed by atoms with E-state index in [9.17, 15) is 4.79 Å². The molecule has 0 radical (unpaired) electrons. The summed E-state index contributed by atoms with van der Waals surface area (Å²) in [6.07, 6.45) is 5.73. The molecule has 0 spiro atoms. The average Bonchev–Trinajstić information content (AvgIpc) is 3.19. The van der Waals surface area contributed by atoms with E-state index in [1.54, 1.807) is 6.33 Å². The van der Waals surface area contributed by atoms with E-state index in [0.29, 0.717) is 12.2 Å². The van der Waals surface area contributed by atoms with Crippen LogP contribution in [0.15, 0.2) is 30.6 Å². The molecule has 3 heterocycles. The zero-order valence-corrected chi connectivity index (χ0v) is 18.0. The van der Waals surface area contributed by atoms with Crippen LogP contribution >= 0.6 is 0 Å². The fraction of sp³-hybridized carbons (Fsp3) is 0.458. The molecule has 162 valence electrons. The van der Waals surface area contributed by atoms with Crippen molar-refractivity contribution in [3.8, 4) is 0 Å². The van der Waals surface area contributed by atoms with Gasteiger partial charge in [-0.05, 0) is 43.4 Å². The molecule has 0 amide bonds. The van der Waals surface area contributed by atoms with Gasteiger partial charge in [-0.1, -0.05) is 19.1 Å². The van der Waals surface area contributed by atoms with Crippen molar-refractivity contribution in [1.82, 2.24) is 15.0 Å². The van der Waals surface area contributed by atoms with Gasteiger partial charge in [-0.3, -0.25) is 4.79 Å². The Labute approximate surface area is 182 Å². The number of H-pyrrole nitrogens is 1. The molecule has 1 unspecified atom stereocenters. The number of hydrogen-bond donors (Lipinski definition) is 2. The van der Waals surface area contributed by atoms with Gasteiger partial charge in [-0.25, -0.2) is 9.97 Å². The van der Waals surface area contributed by atoms with Gasteiger partial charge < -0.3 is 19.9 Å². The Balaban J connectivity index is 1.50. The number of Topliss-reactive ketones (excluding diaryl/α,β-unsaturated/α-hetero) is 1. The Hall–Kier alpha value is -2.93. The molecule has 2 N–H and O–H groups in total. The first-order chi connectivity index (χ1) is 15.2. The minimum atomic E-state index is 0.0974. The summed E-state index contributed by atoms with van der Waals surface area (Å²) in [6, 6.07) is 8.33. The number of aryl methyl sites for hydroxylation is 1. The highest BCUT2D eigenvalue weighted by Crippen LogP contribution is 2.37. The minimum Gasteiger partial charge on any atom is -0.378 e. The highest BCUT2D eigenvalue weighted by Gasteiger charge is 2.28. The summed E-state index contributed by atoms with van der Waals surface area (Å²) in [4.78, 5) is 27.5. The second-order valence-electron chi connectivity index (χ2n) is 8.43. The normalized spacial score (nSPS) is 18.7. The number of fused-ring (bicyclic) bond motifs is 3. The topological polar surface area (TPSA) is 83.1 Å². The summed E-state index contributed by atoms with van der Waals surface area (Å²) in [7, 11) is 0. The van der Waals surface area contributed by atoms with Gasteiger partial charge in [0.05, 0.1) is 30.0 Å². The van der Waals surface area contributed by atoms with Crippen molar-refractivity contribution in [2.75, 3.05) is 36.5 Å². The van der Waals surface area contributed by atoms with Gasteiger partial charge >= 0.3 is 0 Å². The summed E-state index contributed by atoms with van der Waals surface area (Å²) in [5.41, 5.74) is 5.41. The lowest BCUT2D eigenvalue weighted by molar-refractivity contribution is -0.123. The van der Waals surface area contributed by atoms with E-state index in [1.165, 1.54) is 11.3 Å². The minimum absolute atomic E-state index is 0.0974. The lowest BCUT2D eigenvalue weighted by Gasteiger charge is -2.30. The van der Waals surface area contributed by atoms with E-state index in [-0.39, 0.29) is 5.92 Å².